The maximum atomic E-state index is 12.6. The second-order valence-corrected chi connectivity index (χ2v) is 7.73. The zero-order valence-corrected chi connectivity index (χ0v) is 14.1. The molecule has 1 aromatic carbocycles. The molecular weight excluding hydrogens is 304 g/mol. The number of thiazole rings is 1. The highest BCUT2D eigenvalue weighted by molar-refractivity contribution is 7.18. The lowest BCUT2D eigenvalue weighted by Crippen LogP contribution is -2.39. The van der Waals surface area contributed by atoms with Gasteiger partial charge in [-0.15, -0.1) is 11.3 Å². The molecule has 1 aliphatic heterocycles. The summed E-state index contributed by atoms with van der Waals surface area (Å²) in [5.74, 6) is 1.20. The smallest absolute Gasteiger partial charge is 0.223 e. The molecule has 2 heterocycles. The molecule has 1 aliphatic carbocycles. The Morgan fingerprint density at radius 2 is 2.22 bits per heavy atom. The number of para-hydroxylation sites is 1. The van der Waals surface area contributed by atoms with E-state index in [0.29, 0.717) is 24.2 Å². The molecule has 2 atom stereocenters. The van der Waals surface area contributed by atoms with Gasteiger partial charge in [-0.3, -0.25) is 4.79 Å². The van der Waals surface area contributed by atoms with Gasteiger partial charge < -0.3 is 4.90 Å². The van der Waals surface area contributed by atoms with Crippen LogP contribution < -0.4 is 0 Å². The van der Waals surface area contributed by atoms with E-state index in [1.807, 2.05) is 6.07 Å². The number of allylic oxidation sites excluding steroid dienone is 2. The lowest BCUT2D eigenvalue weighted by atomic mass is 9.97. The van der Waals surface area contributed by atoms with E-state index in [9.17, 15) is 4.79 Å². The van der Waals surface area contributed by atoms with Crippen LogP contribution in [0.15, 0.2) is 36.4 Å². The fourth-order valence-electron chi connectivity index (χ4n) is 3.69. The monoisotopic (exact) mass is 326 g/mol. The van der Waals surface area contributed by atoms with Crippen molar-refractivity contribution in [1.82, 2.24) is 9.88 Å². The van der Waals surface area contributed by atoms with E-state index >= 15 is 0 Å². The van der Waals surface area contributed by atoms with Gasteiger partial charge in [0.15, 0.2) is 0 Å². The minimum absolute atomic E-state index is 0.326. The zero-order chi connectivity index (χ0) is 15.6. The van der Waals surface area contributed by atoms with Crippen molar-refractivity contribution in [1.29, 1.82) is 0 Å². The first-order valence-electron chi connectivity index (χ1n) is 8.59. The van der Waals surface area contributed by atoms with Gasteiger partial charge in [-0.25, -0.2) is 4.98 Å². The molecule has 23 heavy (non-hydrogen) atoms. The van der Waals surface area contributed by atoms with Gasteiger partial charge in [0.1, 0.15) is 0 Å². The Bertz CT molecular complexity index is 703. The topological polar surface area (TPSA) is 33.2 Å². The van der Waals surface area contributed by atoms with E-state index in [-0.39, 0.29) is 0 Å². The number of aromatic nitrogens is 1. The predicted molar refractivity (Wildman–Crippen MR) is 94.7 cm³/mol. The number of hydrogen-bond acceptors (Lipinski definition) is 3. The van der Waals surface area contributed by atoms with Crippen LogP contribution in [0.2, 0.25) is 0 Å². The van der Waals surface area contributed by atoms with Gasteiger partial charge >= 0.3 is 0 Å². The number of amides is 1. The number of benzene rings is 1. The minimum Gasteiger partial charge on any atom is -0.342 e. The second kappa shape index (κ2) is 6.44. The molecular formula is C19H22N2OS. The Morgan fingerprint density at radius 1 is 1.30 bits per heavy atom. The summed E-state index contributed by atoms with van der Waals surface area (Å²) >= 11 is 1.79. The number of rotatable bonds is 3. The number of fused-ring (bicyclic) bond motifs is 1. The summed E-state index contributed by atoms with van der Waals surface area (Å²) in [6.07, 6.45) is 9.61. The SMILES string of the molecule is O=C(C[C@@H]1C=CCC1)N1CCC[C@H](c2nc3ccccc3s2)C1. The van der Waals surface area contributed by atoms with Crippen molar-refractivity contribution < 1.29 is 4.79 Å². The molecule has 0 bridgehead atoms. The van der Waals surface area contributed by atoms with Gasteiger partial charge in [0, 0.05) is 25.4 Å². The molecule has 1 amide bonds. The van der Waals surface area contributed by atoms with E-state index in [1.54, 1.807) is 11.3 Å². The zero-order valence-electron chi connectivity index (χ0n) is 13.3. The quantitative estimate of drug-likeness (QED) is 0.785. The molecule has 2 aromatic rings. The van der Waals surface area contributed by atoms with Crippen LogP contribution in [-0.2, 0) is 4.79 Å². The Kier molecular flexibility index (Phi) is 4.17. The van der Waals surface area contributed by atoms with Crippen LogP contribution in [0.4, 0.5) is 0 Å². The van der Waals surface area contributed by atoms with Crippen LogP contribution >= 0.6 is 11.3 Å². The lowest BCUT2D eigenvalue weighted by Gasteiger charge is -2.32. The maximum absolute atomic E-state index is 12.6. The number of carbonyl (C=O) groups excluding carboxylic acids is 1. The van der Waals surface area contributed by atoms with Gasteiger partial charge in [-0.1, -0.05) is 24.3 Å². The van der Waals surface area contributed by atoms with Crippen molar-refractivity contribution in [2.75, 3.05) is 13.1 Å². The van der Waals surface area contributed by atoms with E-state index in [1.165, 1.54) is 9.71 Å². The van der Waals surface area contributed by atoms with Crippen molar-refractivity contribution in [2.45, 2.75) is 38.0 Å². The van der Waals surface area contributed by atoms with Gasteiger partial charge in [0.2, 0.25) is 5.91 Å². The molecule has 0 N–H and O–H groups in total. The molecule has 2 aliphatic rings. The van der Waals surface area contributed by atoms with Crippen molar-refractivity contribution in [2.24, 2.45) is 5.92 Å². The largest absolute Gasteiger partial charge is 0.342 e. The summed E-state index contributed by atoms with van der Waals surface area (Å²) < 4.78 is 1.25. The summed E-state index contributed by atoms with van der Waals surface area (Å²) in [6.45, 7) is 1.76. The first-order valence-corrected chi connectivity index (χ1v) is 9.41. The summed E-state index contributed by atoms with van der Waals surface area (Å²) in [7, 11) is 0. The fraction of sp³-hybridized carbons (Fsp3) is 0.474. The molecule has 3 nitrogen and oxygen atoms in total. The third-order valence-corrected chi connectivity index (χ3v) is 6.18. The van der Waals surface area contributed by atoms with Gasteiger partial charge in [0.05, 0.1) is 15.2 Å². The van der Waals surface area contributed by atoms with E-state index in [2.05, 4.69) is 35.3 Å². The Hall–Kier alpha value is -1.68. The number of hydrogen-bond donors (Lipinski definition) is 0. The average Bonchev–Trinajstić information content (AvgIpc) is 3.24. The lowest BCUT2D eigenvalue weighted by molar-refractivity contribution is -0.133. The molecule has 0 saturated carbocycles. The van der Waals surface area contributed by atoms with Crippen molar-refractivity contribution in [3.63, 3.8) is 0 Å². The van der Waals surface area contributed by atoms with Crippen LogP contribution in [0.1, 0.15) is 43.0 Å². The fourth-order valence-corrected chi connectivity index (χ4v) is 4.78. The summed E-state index contributed by atoms with van der Waals surface area (Å²) in [4.78, 5) is 19.5. The molecule has 4 rings (SSSR count). The maximum Gasteiger partial charge on any atom is 0.223 e. The highest BCUT2D eigenvalue weighted by atomic mass is 32.1. The first-order chi connectivity index (χ1) is 11.3. The molecule has 1 saturated heterocycles. The number of nitrogens with zero attached hydrogens (tertiary/aromatic N) is 2. The summed E-state index contributed by atoms with van der Waals surface area (Å²) in [5, 5.41) is 1.20. The highest BCUT2D eigenvalue weighted by Crippen LogP contribution is 2.33. The molecule has 0 unspecified atom stereocenters. The van der Waals surface area contributed by atoms with E-state index in [4.69, 9.17) is 4.98 Å². The van der Waals surface area contributed by atoms with Crippen LogP contribution in [0.25, 0.3) is 10.2 Å². The molecule has 0 radical (unpaired) electrons. The third-order valence-electron chi connectivity index (χ3n) is 4.98. The highest BCUT2D eigenvalue weighted by Gasteiger charge is 2.28. The molecule has 0 spiro atoms. The molecule has 120 valence electrons. The van der Waals surface area contributed by atoms with E-state index in [0.717, 1.165) is 44.3 Å². The number of likely N-dealkylation sites (tertiary alicyclic amines) is 1. The van der Waals surface area contributed by atoms with Crippen LogP contribution in [0.5, 0.6) is 0 Å². The Labute approximate surface area is 141 Å². The Balaban J connectivity index is 1.45. The van der Waals surface area contributed by atoms with Crippen molar-refractivity contribution in [3.05, 3.63) is 41.4 Å². The van der Waals surface area contributed by atoms with Crippen LogP contribution in [-0.4, -0.2) is 28.9 Å². The van der Waals surface area contributed by atoms with Crippen molar-refractivity contribution >= 4 is 27.5 Å². The van der Waals surface area contributed by atoms with Gasteiger partial charge in [0.25, 0.3) is 0 Å². The van der Waals surface area contributed by atoms with Crippen LogP contribution in [0.3, 0.4) is 0 Å². The normalized spacial score (nSPS) is 24.4. The van der Waals surface area contributed by atoms with Gasteiger partial charge in [-0.05, 0) is 43.7 Å². The van der Waals surface area contributed by atoms with Crippen molar-refractivity contribution in [3.8, 4) is 0 Å². The molecule has 4 heteroatoms. The number of carbonyl (C=O) groups is 1. The van der Waals surface area contributed by atoms with Gasteiger partial charge in [-0.2, -0.15) is 0 Å². The number of piperidine rings is 1. The summed E-state index contributed by atoms with van der Waals surface area (Å²) in [5.41, 5.74) is 1.09. The Morgan fingerprint density at radius 3 is 3.04 bits per heavy atom. The van der Waals surface area contributed by atoms with Crippen LogP contribution in [0, 0.1) is 5.92 Å². The predicted octanol–water partition coefficient (Wildman–Crippen LogP) is 4.36. The average molecular weight is 326 g/mol. The second-order valence-electron chi connectivity index (χ2n) is 6.67. The first kappa shape index (κ1) is 14.9. The minimum atomic E-state index is 0.326. The molecule has 1 aromatic heterocycles. The standard InChI is InChI=1S/C19H22N2OS/c22-18(12-14-6-1-2-7-14)21-11-5-8-15(13-21)19-20-16-9-3-4-10-17(16)23-19/h1,3-4,6,9-10,14-15H,2,5,7-8,11-13H2/t14-,15+/m1/s1. The third kappa shape index (κ3) is 3.18. The summed E-state index contributed by atoms with van der Waals surface area (Å²) in [6, 6.07) is 8.32. The van der Waals surface area contributed by atoms with E-state index < -0.39 is 0 Å². The molecule has 1 fully saturated rings.